The van der Waals surface area contributed by atoms with Gasteiger partial charge in [0.15, 0.2) is 0 Å². The van der Waals surface area contributed by atoms with E-state index in [1.54, 1.807) is 20.8 Å². The Morgan fingerprint density at radius 1 is 1.22 bits per heavy atom. The van der Waals surface area contributed by atoms with Crippen LogP contribution in [0, 0.1) is 16.7 Å². The molecular weight excluding hydrogens is 238 g/mol. The minimum atomic E-state index is -1.11. The van der Waals surface area contributed by atoms with Crippen LogP contribution in [0.15, 0.2) is 0 Å². The molecule has 1 amide bonds. The van der Waals surface area contributed by atoms with Gasteiger partial charge in [-0.25, -0.2) is 0 Å². The number of carbonyl (C=O) groups is 3. The molecule has 1 aliphatic rings. The molecule has 6 nitrogen and oxygen atoms in total. The smallest absolute Gasteiger partial charge is 0.322 e. The molecule has 2 atom stereocenters. The maximum absolute atomic E-state index is 12.1. The van der Waals surface area contributed by atoms with E-state index in [-0.39, 0.29) is 0 Å². The quantitative estimate of drug-likeness (QED) is 0.688. The Balaban J connectivity index is 2.90. The van der Waals surface area contributed by atoms with Crippen LogP contribution in [0.25, 0.3) is 0 Å². The van der Waals surface area contributed by atoms with Gasteiger partial charge in [0.25, 0.3) is 0 Å². The van der Waals surface area contributed by atoms with Gasteiger partial charge >= 0.3 is 11.9 Å². The third kappa shape index (κ3) is 2.19. The lowest BCUT2D eigenvalue weighted by Gasteiger charge is -2.38. The van der Waals surface area contributed by atoms with E-state index in [4.69, 9.17) is 10.2 Å². The van der Waals surface area contributed by atoms with Crippen molar-refractivity contribution in [1.82, 2.24) is 5.32 Å². The van der Waals surface area contributed by atoms with Gasteiger partial charge in [0.05, 0.1) is 11.3 Å². The number of carbonyl (C=O) groups excluding carboxylic acids is 1. The summed E-state index contributed by atoms with van der Waals surface area (Å²) in [4.78, 5) is 33.7. The number of carboxylic acids is 2. The summed E-state index contributed by atoms with van der Waals surface area (Å²) in [6, 6.07) is 0. The van der Waals surface area contributed by atoms with E-state index in [1.165, 1.54) is 0 Å². The van der Waals surface area contributed by atoms with Gasteiger partial charge in [-0.05, 0) is 18.3 Å². The van der Waals surface area contributed by atoms with Crippen LogP contribution in [0.3, 0.4) is 0 Å². The molecule has 0 aliphatic heterocycles. The van der Waals surface area contributed by atoms with E-state index in [2.05, 4.69) is 5.32 Å². The highest BCUT2D eigenvalue weighted by Gasteiger charge is 2.58. The topological polar surface area (TPSA) is 104 Å². The molecule has 1 aliphatic carbocycles. The molecule has 0 spiro atoms. The summed E-state index contributed by atoms with van der Waals surface area (Å²) in [6.45, 7) is 4.76. The molecule has 1 saturated carbocycles. The number of aliphatic carboxylic acids is 2. The SMILES string of the molecule is CC1(C)[C@@H](C(=O)O)CC[C@@]1(C)C(=O)NCC(=O)O. The van der Waals surface area contributed by atoms with Crippen molar-refractivity contribution < 1.29 is 24.6 Å². The highest BCUT2D eigenvalue weighted by atomic mass is 16.4. The summed E-state index contributed by atoms with van der Waals surface area (Å²) < 4.78 is 0. The molecule has 6 heteroatoms. The second-order valence-corrected chi connectivity index (χ2v) is 5.56. The molecule has 0 saturated heterocycles. The predicted octanol–water partition coefficient (Wildman–Crippen LogP) is 0.714. The Hall–Kier alpha value is -1.59. The molecule has 0 aromatic heterocycles. The van der Waals surface area contributed by atoms with E-state index in [0.717, 1.165) is 0 Å². The molecule has 1 fully saturated rings. The van der Waals surface area contributed by atoms with Crippen LogP contribution in [0.2, 0.25) is 0 Å². The summed E-state index contributed by atoms with van der Waals surface area (Å²) in [5, 5.41) is 20.1. The predicted molar refractivity (Wildman–Crippen MR) is 62.9 cm³/mol. The van der Waals surface area contributed by atoms with E-state index in [1.807, 2.05) is 0 Å². The molecule has 102 valence electrons. The highest BCUT2D eigenvalue weighted by Crippen LogP contribution is 2.56. The van der Waals surface area contributed by atoms with Crippen molar-refractivity contribution in [2.75, 3.05) is 6.54 Å². The molecule has 1 rings (SSSR count). The standard InChI is InChI=1S/C12H19NO5/c1-11(2)7(9(16)17)4-5-12(11,3)10(18)13-6-8(14)15/h7H,4-6H2,1-3H3,(H,13,18)(H,14,15)(H,16,17)/t7-,12+/m1/s1. The highest BCUT2D eigenvalue weighted by molar-refractivity contribution is 5.88. The first-order valence-corrected chi connectivity index (χ1v) is 5.86. The van der Waals surface area contributed by atoms with Crippen molar-refractivity contribution >= 4 is 17.8 Å². The summed E-state index contributed by atoms with van der Waals surface area (Å²) in [6.07, 6.45) is 0.877. The van der Waals surface area contributed by atoms with Gasteiger partial charge in [-0.1, -0.05) is 20.8 Å². The average Bonchev–Trinajstić information content (AvgIpc) is 2.47. The fourth-order valence-corrected chi connectivity index (χ4v) is 2.69. The largest absolute Gasteiger partial charge is 0.481 e. The van der Waals surface area contributed by atoms with Gasteiger partial charge in [0.1, 0.15) is 6.54 Å². The van der Waals surface area contributed by atoms with Crippen molar-refractivity contribution in [3.05, 3.63) is 0 Å². The molecular formula is C12H19NO5. The van der Waals surface area contributed by atoms with Gasteiger partial charge in [-0.3, -0.25) is 14.4 Å². The molecule has 0 radical (unpaired) electrons. The lowest BCUT2D eigenvalue weighted by molar-refractivity contribution is -0.149. The molecule has 0 unspecified atom stereocenters. The van der Waals surface area contributed by atoms with Crippen molar-refractivity contribution in [3.63, 3.8) is 0 Å². The molecule has 0 bridgehead atoms. The van der Waals surface area contributed by atoms with Gasteiger partial charge in [0.2, 0.25) is 5.91 Å². The fourth-order valence-electron chi connectivity index (χ4n) is 2.69. The van der Waals surface area contributed by atoms with E-state index < -0.39 is 41.1 Å². The van der Waals surface area contributed by atoms with Gasteiger partial charge in [-0.15, -0.1) is 0 Å². The number of amides is 1. The normalized spacial score (nSPS) is 29.8. The third-order valence-electron chi connectivity index (χ3n) is 4.43. The van der Waals surface area contributed by atoms with Crippen LogP contribution in [-0.2, 0) is 14.4 Å². The van der Waals surface area contributed by atoms with Crippen LogP contribution in [0.4, 0.5) is 0 Å². The second-order valence-electron chi connectivity index (χ2n) is 5.56. The summed E-state index contributed by atoms with van der Waals surface area (Å²) in [5.74, 6) is -3.00. The first-order chi connectivity index (χ1) is 8.13. The lowest BCUT2D eigenvalue weighted by atomic mass is 9.65. The van der Waals surface area contributed by atoms with Crippen LogP contribution in [0.5, 0.6) is 0 Å². The summed E-state index contributed by atoms with van der Waals surface area (Å²) >= 11 is 0. The summed E-state index contributed by atoms with van der Waals surface area (Å²) in [5.41, 5.74) is -1.56. The van der Waals surface area contributed by atoms with Crippen LogP contribution < -0.4 is 5.32 Å². The minimum Gasteiger partial charge on any atom is -0.481 e. The van der Waals surface area contributed by atoms with Gasteiger partial charge in [-0.2, -0.15) is 0 Å². The van der Waals surface area contributed by atoms with Crippen LogP contribution >= 0.6 is 0 Å². The first kappa shape index (κ1) is 14.5. The van der Waals surface area contributed by atoms with Crippen molar-refractivity contribution in [1.29, 1.82) is 0 Å². The molecule has 0 aromatic carbocycles. The molecule has 18 heavy (non-hydrogen) atoms. The maximum Gasteiger partial charge on any atom is 0.322 e. The zero-order chi connectivity index (χ0) is 14.1. The average molecular weight is 257 g/mol. The number of hydrogen-bond acceptors (Lipinski definition) is 3. The zero-order valence-corrected chi connectivity index (χ0v) is 10.8. The Bertz CT molecular complexity index is 390. The number of hydrogen-bond donors (Lipinski definition) is 3. The zero-order valence-electron chi connectivity index (χ0n) is 10.8. The van der Waals surface area contributed by atoms with Crippen molar-refractivity contribution in [3.8, 4) is 0 Å². The second kappa shape index (κ2) is 4.59. The number of nitrogens with one attached hydrogen (secondary N) is 1. The van der Waals surface area contributed by atoms with Crippen LogP contribution in [0.1, 0.15) is 33.6 Å². The van der Waals surface area contributed by atoms with E-state index >= 15 is 0 Å². The molecule has 3 N–H and O–H groups in total. The van der Waals surface area contributed by atoms with Crippen LogP contribution in [-0.4, -0.2) is 34.6 Å². The Morgan fingerprint density at radius 3 is 2.17 bits per heavy atom. The maximum atomic E-state index is 12.1. The lowest BCUT2D eigenvalue weighted by Crippen LogP contribution is -2.49. The van der Waals surface area contributed by atoms with Crippen molar-refractivity contribution in [2.24, 2.45) is 16.7 Å². The van der Waals surface area contributed by atoms with Gasteiger partial charge in [0, 0.05) is 0 Å². The first-order valence-electron chi connectivity index (χ1n) is 5.86. The van der Waals surface area contributed by atoms with E-state index in [9.17, 15) is 14.4 Å². The number of rotatable bonds is 4. The Labute approximate surface area is 105 Å². The molecule has 0 heterocycles. The van der Waals surface area contributed by atoms with E-state index in [0.29, 0.717) is 12.8 Å². The minimum absolute atomic E-state index is 0.390. The third-order valence-corrected chi connectivity index (χ3v) is 4.43. The monoisotopic (exact) mass is 257 g/mol. The summed E-state index contributed by atoms with van der Waals surface area (Å²) in [7, 11) is 0. The Morgan fingerprint density at radius 2 is 1.78 bits per heavy atom. The fraction of sp³-hybridized carbons (Fsp3) is 0.750. The van der Waals surface area contributed by atoms with Crippen molar-refractivity contribution in [2.45, 2.75) is 33.6 Å². The van der Waals surface area contributed by atoms with Gasteiger partial charge < -0.3 is 15.5 Å². The molecule has 0 aromatic rings. The Kier molecular flexibility index (Phi) is 3.69. The number of carboxylic acid groups (broad SMARTS) is 2.